The maximum Gasteiger partial charge on any atom is 0.323 e. The fourth-order valence-electron chi connectivity index (χ4n) is 2.02. The molecule has 0 atom stereocenters. The quantitative estimate of drug-likeness (QED) is 0.874. The van der Waals surface area contributed by atoms with Gasteiger partial charge in [-0.3, -0.25) is 0 Å². The maximum absolute atomic E-state index is 11.4. The van der Waals surface area contributed by atoms with E-state index < -0.39 is 0 Å². The first-order chi connectivity index (χ1) is 8.52. The standard InChI is InChI=1S/C14H18N2O2/c1-8(2)10-5-6-12(18-4)11(7-10)13-9(3)15-14(17)16-13/h5-8H,1-4H3,(H2,15,16,17). The van der Waals surface area contributed by atoms with Crippen LogP contribution in [0.1, 0.15) is 31.0 Å². The van der Waals surface area contributed by atoms with Crippen molar-refractivity contribution in [1.29, 1.82) is 0 Å². The SMILES string of the molecule is COc1ccc(C(C)C)cc1-c1[nH]c(=O)[nH]c1C. The first-order valence-corrected chi connectivity index (χ1v) is 6.00. The predicted octanol–water partition coefficient (Wildman–Crippen LogP) is 2.81. The average Bonchev–Trinajstić information content (AvgIpc) is 2.67. The molecule has 2 aromatic rings. The van der Waals surface area contributed by atoms with Crippen LogP contribution in [-0.4, -0.2) is 17.1 Å². The highest BCUT2D eigenvalue weighted by Gasteiger charge is 2.13. The van der Waals surface area contributed by atoms with Crippen LogP contribution in [0, 0.1) is 6.92 Å². The van der Waals surface area contributed by atoms with Crippen LogP contribution >= 0.6 is 0 Å². The molecule has 0 bridgehead atoms. The molecule has 2 N–H and O–H groups in total. The molecule has 18 heavy (non-hydrogen) atoms. The van der Waals surface area contributed by atoms with Gasteiger partial charge in [-0.25, -0.2) is 4.79 Å². The van der Waals surface area contributed by atoms with Crippen LogP contribution in [0.3, 0.4) is 0 Å². The summed E-state index contributed by atoms with van der Waals surface area (Å²) >= 11 is 0. The van der Waals surface area contributed by atoms with Gasteiger partial charge in [0.05, 0.1) is 12.8 Å². The highest BCUT2D eigenvalue weighted by atomic mass is 16.5. The predicted molar refractivity (Wildman–Crippen MR) is 72.2 cm³/mol. The summed E-state index contributed by atoms with van der Waals surface area (Å²) in [6.45, 7) is 6.14. The number of H-pyrrole nitrogens is 2. The Hall–Kier alpha value is -1.97. The van der Waals surface area contributed by atoms with Gasteiger partial charge in [-0.15, -0.1) is 0 Å². The summed E-state index contributed by atoms with van der Waals surface area (Å²) in [6, 6.07) is 6.05. The number of aromatic nitrogens is 2. The van der Waals surface area contributed by atoms with Gasteiger partial charge >= 0.3 is 5.69 Å². The molecule has 1 aromatic heterocycles. The van der Waals surface area contributed by atoms with Crippen LogP contribution in [0.4, 0.5) is 0 Å². The van der Waals surface area contributed by atoms with Crippen molar-refractivity contribution in [2.45, 2.75) is 26.7 Å². The van der Waals surface area contributed by atoms with Crippen LogP contribution in [0.25, 0.3) is 11.3 Å². The van der Waals surface area contributed by atoms with E-state index in [9.17, 15) is 4.79 Å². The van der Waals surface area contributed by atoms with Crippen molar-refractivity contribution < 1.29 is 4.74 Å². The van der Waals surface area contributed by atoms with Crippen molar-refractivity contribution in [3.63, 3.8) is 0 Å². The molecule has 1 heterocycles. The Morgan fingerprint density at radius 2 is 1.94 bits per heavy atom. The molecular formula is C14H18N2O2. The zero-order valence-electron chi connectivity index (χ0n) is 11.1. The van der Waals surface area contributed by atoms with Gasteiger partial charge < -0.3 is 14.7 Å². The lowest BCUT2D eigenvalue weighted by molar-refractivity contribution is 0.416. The number of rotatable bonds is 3. The van der Waals surface area contributed by atoms with Gasteiger partial charge in [0.1, 0.15) is 5.75 Å². The van der Waals surface area contributed by atoms with Crippen LogP contribution in [0.5, 0.6) is 5.75 Å². The third-order valence-corrected chi connectivity index (χ3v) is 3.07. The monoisotopic (exact) mass is 246 g/mol. The molecule has 0 spiro atoms. The molecule has 0 saturated heterocycles. The van der Waals surface area contributed by atoms with E-state index in [-0.39, 0.29) is 5.69 Å². The third-order valence-electron chi connectivity index (χ3n) is 3.07. The van der Waals surface area contributed by atoms with Crippen LogP contribution in [0.2, 0.25) is 0 Å². The summed E-state index contributed by atoms with van der Waals surface area (Å²) in [5.74, 6) is 1.19. The summed E-state index contributed by atoms with van der Waals surface area (Å²) < 4.78 is 5.36. The molecule has 4 nitrogen and oxygen atoms in total. The van der Waals surface area contributed by atoms with Crippen molar-refractivity contribution in [3.05, 3.63) is 39.9 Å². The largest absolute Gasteiger partial charge is 0.496 e. The molecule has 0 aliphatic heterocycles. The molecule has 2 rings (SSSR count). The number of aromatic amines is 2. The molecule has 0 amide bonds. The first kappa shape index (κ1) is 12.5. The molecule has 0 unspecified atom stereocenters. The molecule has 0 aliphatic rings. The van der Waals surface area contributed by atoms with Crippen molar-refractivity contribution in [3.8, 4) is 17.0 Å². The maximum atomic E-state index is 11.4. The Labute approximate surface area is 106 Å². The van der Waals surface area contributed by atoms with Crippen molar-refractivity contribution in [2.75, 3.05) is 7.11 Å². The van der Waals surface area contributed by atoms with Gasteiger partial charge in [-0.1, -0.05) is 19.9 Å². The van der Waals surface area contributed by atoms with E-state index in [2.05, 4.69) is 29.9 Å². The average molecular weight is 246 g/mol. The van der Waals surface area contributed by atoms with Gasteiger partial charge in [-0.05, 0) is 30.5 Å². The molecular weight excluding hydrogens is 228 g/mol. The van der Waals surface area contributed by atoms with E-state index in [0.717, 1.165) is 22.7 Å². The second-order valence-electron chi connectivity index (χ2n) is 4.69. The minimum absolute atomic E-state index is 0.195. The summed E-state index contributed by atoms with van der Waals surface area (Å²) in [7, 11) is 1.63. The molecule has 0 radical (unpaired) electrons. The summed E-state index contributed by atoms with van der Waals surface area (Å²) in [5, 5.41) is 0. The van der Waals surface area contributed by atoms with E-state index >= 15 is 0 Å². The lowest BCUT2D eigenvalue weighted by atomic mass is 9.98. The Morgan fingerprint density at radius 3 is 2.44 bits per heavy atom. The minimum atomic E-state index is -0.195. The third kappa shape index (κ3) is 2.18. The Bertz CT molecular complexity index is 608. The smallest absolute Gasteiger partial charge is 0.323 e. The number of benzene rings is 1. The Morgan fingerprint density at radius 1 is 1.22 bits per heavy atom. The zero-order chi connectivity index (χ0) is 13.3. The van der Waals surface area contributed by atoms with Gasteiger partial charge in [-0.2, -0.15) is 0 Å². The van der Waals surface area contributed by atoms with Gasteiger partial charge in [0.25, 0.3) is 0 Å². The summed E-state index contributed by atoms with van der Waals surface area (Å²) in [6.07, 6.45) is 0. The number of methoxy groups -OCH3 is 1. The van der Waals surface area contributed by atoms with Crippen molar-refractivity contribution >= 4 is 0 Å². The zero-order valence-corrected chi connectivity index (χ0v) is 11.1. The fourth-order valence-corrected chi connectivity index (χ4v) is 2.02. The molecule has 0 saturated carbocycles. The molecule has 1 aromatic carbocycles. The molecule has 4 heteroatoms. The lowest BCUT2D eigenvalue weighted by Crippen LogP contribution is -2.00. The Kier molecular flexibility index (Phi) is 3.28. The van der Waals surface area contributed by atoms with Crippen LogP contribution < -0.4 is 10.4 Å². The summed E-state index contributed by atoms with van der Waals surface area (Å²) in [5.41, 5.74) is 3.55. The first-order valence-electron chi connectivity index (χ1n) is 6.00. The second kappa shape index (κ2) is 4.72. The van der Waals surface area contributed by atoms with Crippen LogP contribution in [-0.2, 0) is 0 Å². The molecule has 0 aliphatic carbocycles. The Balaban J connectivity index is 2.64. The van der Waals surface area contributed by atoms with Gasteiger partial charge in [0.2, 0.25) is 0 Å². The van der Waals surface area contributed by atoms with E-state index in [1.165, 1.54) is 5.56 Å². The second-order valence-corrected chi connectivity index (χ2v) is 4.69. The molecule has 96 valence electrons. The highest BCUT2D eigenvalue weighted by Crippen LogP contribution is 2.32. The van der Waals surface area contributed by atoms with Crippen LogP contribution in [0.15, 0.2) is 23.0 Å². The summed E-state index contributed by atoms with van der Waals surface area (Å²) in [4.78, 5) is 16.9. The molecule has 0 fully saturated rings. The van der Waals surface area contributed by atoms with Crippen molar-refractivity contribution in [2.24, 2.45) is 0 Å². The van der Waals surface area contributed by atoms with Gasteiger partial charge in [0.15, 0.2) is 0 Å². The normalized spacial score (nSPS) is 10.9. The number of imidazole rings is 1. The number of hydrogen-bond donors (Lipinski definition) is 2. The fraction of sp³-hybridized carbons (Fsp3) is 0.357. The number of aryl methyl sites for hydroxylation is 1. The van der Waals surface area contributed by atoms with E-state index in [1.54, 1.807) is 7.11 Å². The number of hydrogen-bond acceptors (Lipinski definition) is 2. The van der Waals surface area contributed by atoms with E-state index in [1.807, 2.05) is 19.1 Å². The topological polar surface area (TPSA) is 57.9 Å². The lowest BCUT2D eigenvalue weighted by Gasteiger charge is -2.12. The van der Waals surface area contributed by atoms with E-state index in [4.69, 9.17) is 4.74 Å². The highest BCUT2D eigenvalue weighted by molar-refractivity contribution is 5.70. The van der Waals surface area contributed by atoms with Gasteiger partial charge in [0, 0.05) is 11.3 Å². The number of nitrogens with one attached hydrogen (secondary N) is 2. The minimum Gasteiger partial charge on any atom is -0.496 e. The number of ether oxygens (including phenoxy) is 1. The van der Waals surface area contributed by atoms with Crippen molar-refractivity contribution in [1.82, 2.24) is 9.97 Å². The van der Waals surface area contributed by atoms with E-state index in [0.29, 0.717) is 5.92 Å².